The summed E-state index contributed by atoms with van der Waals surface area (Å²) in [4.78, 5) is 0. The first-order chi connectivity index (χ1) is 17.8. The molecule has 0 aliphatic carbocycles. The second-order valence-corrected chi connectivity index (χ2v) is 10.0. The molecule has 1 atom stereocenters. The Kier molecular flexibility index (Phi) is 12.7. The van der Waals surface area contributed by atoms with Crippen LogP contribution in [0.2, 0.25) is 0 Å². The van der Waals surface area contributed by atoms with Crippen molar-refractivity contribution in [2.75, 3.05) is 6.54 Å². The molecular formula is C34H47N3. The van der Waals surface area contributed by atoms with Gasteiger partial charge in [0.2, 0.25) is 0 Å². The van der Waals surface area contributed by atoms with Crippen LogP contribution in [0.25, 0.3) is 5.82 Å². The molecule has 0 bridgehead atoms. The van der Waals surface area contributed by atoms with Gasteiger partial charge in [0.05, 0.1) is 6.20 Å². The van der Waals surface area contributed by atoms with Crippen LogP contribution in [0.5, 0.6) is 0 Å². The molecule has 37 heavy (non-hydrogen) atoms. The van der Waals surface area contributed by atoms with Gasteiger partial charge in [-0.05, 0) is 94.1 Å². The Morgan fingerprint density at radius 1 is 1.16 bits per heavy atom. The van der Waals surface area contributed by atoms with Crippen LogP contribution in [0.3, 0.4) is 0 Å². The molecule has 0 amide bonds. The fourth-order valence-electron chi connectivity index (χ4n) is 4.52. The summed E-state index contributed by atoms with van der Waals surface area (Å²) in [6.07, 6.45) is 18.6. The smallest absolute Gasteiger partial charge is 0.128 e. The van der Waals surface area contributed by atoms with Gasteiger partial charge in [0.15, 0.2) is 0 Å². The highest BCUT2D eigenvalue weighted by molar-refractivity contribution is 5.50. The Bertz CT molecular complexity index is 1140. The second kappa shape index (κ2) is 15.7. The molecule has 3 heteroatoms. The average molecular weight is 498 g/mol. The van der Waals surface area contributed by atoms with E-state index in [1.807, 2.05) is 17.0 Å². The van der Waals surface area contributed by atoms with E-state index >= 15 is 0 Å². The summed E-state index contributed by atoms with van der Waals surface area (Å²) in [5.74, 6) is 1.40. The van der Waals surface area contributed by atoms with E-state index in [-0.39, 0.29) is 0 Å². The van der Waals surface area contributed by atoms with Gasteiger partial charge >= 0.3 is 0 Å². The zero-order valence-electron chi connectivity index (χ0n) is 23.8. The summed E-state index contributed by atoms with van der Waals surface area (Å²) in [6.45, 7) is 24.0. The van der Waals surface area contributed by atoms with Gasteiger partial charge in [-0.25, -0.2) is 4.68 Å². The molecule has 0 spiro atoms. The van der Waals surface area contributed by atoms with Gasteiger partial charge in [0.25, 0.3) is 0 Å². The highest BCUT2D eigenvalue weighted by Gasteiger charge is 2.14. The minimum Gasteiger partial charge on any atom is -0.366 e. The molecule has 1 aromatic carbocycles. The number of rotatable bonds is 16. The summed E-state index contributed by atoms with van der Waals surface area (Å²) >= 11 is 0. The van der Waals surface area contributed by atoms with Crippen LogP contribution in [0.1, 0.15) is 68.3 Å². The highest BCUT2D eigenvalue weighted by atomic mass is 15.3. The van der Waals surface area contributed by atoms with Gasteiger partial charge < -0.3 is 5.32 Å². The number of aromatic nitrogens is 2. The van der Waals surface area contributed by atoms with E-state index in [1.54, 1.807) is 6.08 Å². The maximum atomic E-state index is 4.65. The first kappa shape index (κ1) is 29.9. The monoisotopic (exact) mass is 497 g/mol. The standard InChI is InChI=1S/C34H47N3/c1-9-12-18-31(11-3)25-35-34(37-30(8)29(7)24-36-37)23-28(6)33(15-10-2)20-14-17-27(5)22-32-19-13-16-26(4)21-32/h9,11-13,16,18-19,21,23-24,33,35H,1,5-6,10,14-15,17,20,22,25H2,2-4,7-8H3/b18-12-,31-11+,34-23-. The van der Waals surface area contributed by atoms with E-state index in [0.717, 1.165) is 55.6 Å². The third-order valence-corrected chi connectivity index (χ3v) is 6.88. The lowest BCUT2D eigenvalue weighted by Crippen LogP contribution is -2.22. The fraction of sp³-hybridized carbons (Fsp3) is 0.382. The fourth-order valence-corrected chi connectivity index (χ4v) is 4.52. The van der Waals surface area contributed by atoms with Gasteiger partial charge in [-0.15, -0.1) is 0 Å². The van der Waals surface area contributed by atoms with Crippen LogP contribution in [-0.4, -0.2) is 16.3 Å². The van der Waals surface area contributed by atoms with E-state index in [1.165, 1.54) is 27.8 Å². The molecule has 0 radical (unpaired) electrons. The van der Waals surface area contributed by atoms with Crippen LogP contribution in [0.15, 0.2) is 97.3 Å². The third-order valence-electron chi connectivity index (χ3n) is 6.88. The highest BCUT2D eigenvalue weighted by Crippen LogP contribution is 2.26. The molecule has 1 unspecified atom stereocenters. The van der Waals surface area contributed by atoms with Crippen molar-refractivity contribution in [3.8, 4) is 0 Å². The number of benzene rings is 1. The SMILES string of the molecule is C=C/C=C\C(=C/C)CN/C(=C/C(=C)C(CCC)CCCC(=C)Cc1cccc(C)c1)n1ncc(C)c1C. The predicted molar refractivity (Wildman–Crippen MR) is 162 cm³/mol. The summed E-state index contributed by atoms with van der Waals surface area (Å²) in [7, 11) is 0. The van der Waals surface area contributed by atoms with E-state index in [0.29, 0.717) is 12.5 Å². The molecule has 1 aromatic heterocycles. The van der Waals surface area contributed by atoms with Crippen molar-refractivity contribution in [3.05, 3.63) is 120 Å². The molecule has 0 fully saturated rings. The maximum Gasteiger partial charge on any atom is 0.128 e. The normalized spacial score (nSPS) is 13.1. The molecule has 0 saturated carbocycles. The van der Waals surface area contributed by atoms with Crippen molar-refractivity contribution < 1.29 is 0 Å². The van der Waals surface area contributed by atoms with Crippen molar-refractivity contribution in [1.82, 2.24) is 15.1 Å². The molecule has 1 N–H and O–H groups in total. The second-order valence-electron chi connectivity index (χ2n) is 10.0. The van der Waals surface area contributed by atoms with E-state index in [2.05, 4.69) is 107 Å². The summed E-state index contributed by atoms with van der Waals surface area (Å²) < 4.78 is 2.00. The van der Waals surface area contributed by atoms with E-state index in [9.17, 15) is 0 Å². The molecule has 2 aromatic rings. The van der Waals surface area contributed by atoms with Gasteiger partial charge in [-0.3, -0.25) is 0 Å². The summed E-state index contributed by atoms with van der Waals surface area (Å²) in [5.41, 5.74) is 8.62. The molecule has 0 aliphatic heterocycles. The van der Waals surface area contributed by atoms with Crippen LogP contribution in [-0.2, 0) is 6.42 Å². The molecule has 2 rings (SSSR count). The van der Waals surface area contributed by atoms with Crippen LogP contribution < -0.4 is 5.32 Å². The largest absolute Gasteiger partial charge is 0.366 e. The minimum absolute atomic E-state index is 0.437. The van der Waals surface area contributed by atoms with Crippen LogP contribution in [0.4, 0.5) is 0 Å². The Labute approximate surface area is 226 Å². The number of aryl methyl sites for hydroxylation is 2. The molecule has 198 valence electrons. The van der Waals surface area contributed by atoms with E-state index < -0.39 is 0 Å². The first-order valence-electron chi connectivity index (χ1n) is 13.6. The molecular weight excluding hydrogens is 450 g/mol. The number of nitrogens with one attached hydrogen (secondary N) is 1. The number of hydrogen-bond acceptors (Lipinski definition) is 2. The lowest BCUT2D eigenvalue weighted by atomic mass is 9.88. The zero-order valence-corrected chi connectivity index (χ0v) is 23.8. The van der Waals surface area contributed by atoms with Crippen LogP contribution in [0, 0.1) is 26.7 Å². The zero-order chi connectivity index (χ0) is 27.2. The van der Waals surface area contributed by atoms with E-state index in [4.69, 9.17) is 0 Å². The van der Waals surface area contributed by atoms with Crippen molar-refractivity contribution in [2.24, 2.45) is 5.92 Å². The van der Waals surface area contributed by atoms with Crippen molar-refractivity contribution in [3.63, 3.8) is 0 Å². The Hall–Kier alpha value is -3.33. The van der Waals surface area contributed by atoms with Gasteiger partial charge in [-0.1, -0.05) is 92.8 Å². The molecule has 0 aliphatic rings. The van der Waals surface area contributed by atoms with Crippen LogP contribution >= 0.6 is 0 Å². The lowest BCUT2D eigenvalue weighted by Gasteiger charge is -2.20. The Balaban J connectivity index is 2.11. The number of allylic oxidation sites excluding steroid dienone is 6. The van der Waals surface area contributed by atoms with Crippen molar-refractivity contribution in [1.29, 1.82) is 0 Å². The summed E-state index contributed by atoms with van der Waals surface area (Å²) in [6, 6.07) is 8.74. The predicted octanol–water partition coefficient (Wildman–Crippen LogP) is 8.83. The quantitative estimate of drug-likeness (QED) is 0.185. The topological polar surface area (TPSA) is 29.9 Å². The van der Waals surface area contributed by atoms with Gasteiger partial charge in [0.1, 0.15) is 5.82 Å². The van der Waals surface area contributed by atoms with Crippen molar-refractivity contribution >= 4 is 5.82 Å². The summed E-state index contributed by atoms with van der Waals surface area (Å²) in [5, 5.41) is 8.27. The third kappa shape index (κ3) is 9.92. The lowest BCUT2D eigenvalue weighted by molar-refractivity contribution is 0.499. The average Bonchev–Trinajstić information content (AvgIpc) is 3.20. The van der Waals surface area contributed by atoms with Gasteiger partial charge in [0, 0.05) is 12.2 Å². The Morgan fingerprint density at radius 3 is 2.57 bits per heavy atom. The van der Waals surface area contributed by atoms with Crippen molar-refractivity contribution in [2.45, 2.75) is 73.1 Å². The molecule has 3 nitrogen and oxygen atoms in total. The number of nitrogens with zero attached hydrogens (tertiary/aromatic N) is 2. The maximum absolute atomic E-state index is 4.65. The Morgan fingerprint density at radius 2 is 1.95 bits per heavy atom. The van der Waals surface area contributed by atoms with Gasteiger partial charge in [-0.2, -0.15) is 5.10 Å². The number of hydrogen-bond donors (Lipinski definition) is 1. The minimum atomic E-state index is 0.437. The molecule has 1 heterocycles. The first-order valence-corrected chi connectivity index (χ1v) is 13.6. The molecule has 0 saturated heterocycles.